The van der Waals surface area contributed by atoms with Gasteiger partial charge >= 0.3 is 6.61 Å². The van der Waals surface area contributed by atoms with E-state index in [1.54, 1.807) is 6.07 Å². The summed E-state index contributed by atoms with van der Waals surface area (Å²) in [6.07, 6.45) is 4.49. The molecule has 0 amide bonds. The summed E-state index contributed by atoms with van der Waals surface area (Å²) in [5, 5.41) is 3.24. The maximum Gasteiger partial charge on any atom is 0.387 e. The molecule has 0 heterocycles. The van der Waals surface area contributed by atoms with E-state index in [0.29, 0.717) is 11.7 Å². The maximum absolute atomic E-state index is 13.5. The minimum absolute atomic E-state index is 0.339. The first kappa shape index (κ1) is 14.0. The molecule has 1 N–H and O–H groups in total. The van der Waals surface area contributed by atoms with Gasteiger partial charge < -0.3 is 10.1 Å². The van der Waals surface area contributed by atoms with Crippen molar-refractivity contribution in [2.75, 3.05) is 5.32 Å². The fourth-order valence-electron chi connectivity index (χ4n) is 2.59. The summed E-state index contributed by atoms with van der Waals surface area (Å²) >= 11 is 0. The van der Waals surface area contributed by atoms with Crippen LogP contribution in [0.5, 0.6) is 5.75 Å². The summed E-state index contributed by atoms with van der Waals surface area (Å²) in [4.78, 5) is 0. The smallest absolute Gasteiger partial charge is 0.387 e. The van der Waals surface area contributed by atoms with Crippen molar-refractivity contribution in [1.82, 2.24) is 0 Å². The molecule has 19 heavy (non-hydrogen) atoms. The fraction of sp³-hybridized carbons (Fsp3) is 0.571. The van der Waals surface area contributed by atoms with Crippen LogP contribution in [0.1, 0.15) is 32.6 Å². The van der Waals surface area contributed by atoms with Gasteiger partial charge in [0, 0.05) is 17.8 Å². The number of benzene rings is 1. The Labute approximate surface area is 111 Å². The Morgan fingerprint density at radius 2 is 2.16 bits per heavy atom. The van der Waals surface area contributed by atoms with Crippen LogP contribution in [-0.4, -0.2) is 12.7 Å². The summed E-state index contributed by atoms with van der Waals surface area (Å²) in [6.45, 7) is -0.836. The molecule has 0 saturated heterocycles. The van der Waals surface area contributed by atoms with E-state index >= 15 is 0 Å². The van der Waals surface area contributed by atoms with Crippen LogP contribution < -0.4 is 10.1 Å². The molecule has 1 aliphatic carbocycles. The highest BCUT2D eigenvalue weighted by Crippen LogP contribution is 2.31. The van der Waals surface area contributed by atoms with Gasteiger partial charge in [0.15, 0.2) is 11.6 Å². The van der Waals surface area contributed by atoms with E-state index < -0.39 is 18.2 Å². The number of alkyl halides is 2. The highest BCUT2D eigenvalue weighted by Gasteiger charge is 2.23. The van der Waals surface area contributed by atoms with Gasteiger partial charge in [0.25, 0.3) is 0 Å². The largest absolute Gasteiger partial charge is 0.432 e. The lowest BCUT2D eigenvalue weighted by Gasteiger charge is -2.15. The van der Waals surface area contributed by atoms with Gasteiger partial charge in [-0.15, -0.1) is 0 Å². The Morgan fingerprint density at radius 3 is 2.74 bits per heavy atom. The van der Waals surface area contributed by atoms with Crippen LogP contribution in [-0.2, 0) is 0 Å². The second kappa shape index (κ2) is 6.17. The van der Waals surface area contributed by atoms with Crippen LogP contribution in [0.2, 0.25) is 0 Å². The maximum atomic E-state index is 13.5. The van der Waals surface area contributed by atoms with Crippen molar-refractivity contribution in [2.24, 2.45) is 5.92 Å². The van der Waals surface area contributed by atoms with Gasteiger partial charge in [0.2, 0.25) is 0 Å². The third-order valence-corrected chi connectivity index (χ3v) is 3.64. The predicted molar refractivity (Wildman–Crippen MR) is 68.1 cm³/mol. The van der Waals surface area contributed by atoms with Crippen molar-refractivity contribution in [3.8, 4) is 5.75 Å². The Morgan fingerprint density at radius 1 is 1.37 bits per heavy atom. The van der Waals surface area contributed by atoms with Crippen LogP contribution in [0.4, 0.5) is 18.9 Å². The highest BCUT2D eigenvalue weighted by molar-refractivity contribution is 5.48. The average molecular weight is 273 g/mol. The van der Waals surface area contributed by atoms with Crippen molar-refractivity contribution in [3.63, 3.8) is 0 Å². The second-order valence-corrected chi connectivity index (χ2v) is 4.95. The molecule has 2 nitrogen and oxygen atoms in total. The van der Waals surface area contributed by atoms with E-state index in [2.05, 4.69) is 17.0 Å². The van der Waals surface area contributed by atoms with Gasteiger partial charge in [-0.1, -0.05) is 13.3 Å². The second-order valence-electron chi connectivity index (χ2n) is 4.95. The van der Waals surface area contributed by atoms with Gasteiger partial charge in [-0.2, -0.15) is 8.78 Å². The minimum Gasteiger partial charge on any atom is -0.432 e. The lowest BCUT2D eigenvalue weighted by Crippen LogP contribution is -2.15. The molecule has 0 bridgehead atoms. The predicted octanol–water partition coefficient (Wildman–Crippen LogP) is 4.42. The molecule has 2 atom stereocenters. The third-order valence-electron chi connectivity index (χ3n) is 3.64. The molecule has 0 aromatic heterocycles. The average Bonchev–Trinajstić information content (AvgIpc) is 2.80. The monoisotopic (exact) mass is 273 g/mol. The molecule has 0 aliphatic heterocycles. The van der Waals surface area contributed by atoms with E-state index in [1.165, 1.54) is 18.6 Å². The van der Waals surface area contributed by atoms with Crippen molar-refractivity contribution in [2.45, 2.75) is 45.3 Å². The molecular weight excluding hydrogens is 255 g/mol. The zero-order valence-electron chi connectivity index (χ0n) is 10.8. The summed E-state index contributed by atoms with van der Waals surface area (Å²) < 4.78 is 41.6. The number of hydrogen-bond acceptors (Lipinski definition) is 2. The van der Waals surface area contributed by atoms with Gasteiger partial charge in [-0.3, -0.25) is 0 Å². The Kier molecular flexibility index (Phi) is 4.56. The van der Waals surface area contributed by atoms with Gasteiger partial charge in [-0.25, -0.2) is 4.39 Å². The lowest BCUT2D eigenvalue weighted by molar-refractivity contribution is -0.0521. The molecule has 1 aromatic rings. The normalized spacial score (nSPS) is 22.8. The number of nitrogens with one attached hydrogen (secondary N) is 1. The van der Waals surface area contributed by atoms with Crippen molar-refractivity contribution >= 4 is 5.69 Å². The number of rotatable bonds is 5. The molecule has 1 fully saturated rings. The third kappa shape index (κ3) is 3.78. The molecule has 1 aliphatic rings. The molecule has 2 unspecified atom stereocenters. The first-order valence-electron chi connectivity index (χ1n) is 6.59. The first-order chi connectivity index (χ1) is 9.08. The molecule has 2 rings (SSSR count). The van der Waals surface area contributed by atoms with Crippen molar-refractivity contribution < 1.29 is 17.9 Å². The van der Waals surface area contributed by atoms with E-state index in [-0.39, 0.29) is 0 Å². The topological polar surface area (TPSA) is 21.3 Å². The molecule has 0 spiro atoms. The molecule has 0 radical (unpaired) electrons. The number of hydrogen-bond donors (Lipinski definition) is 1. The van der Waals surface area contributed by atoms with Gasteiger partial charge in [0.05, 0.1) is 0 Å². The SMILES string of the molecule is CCC1CCC(Nc2ccc(OC(F)F)c(F)c2)C1. The van der Waals surface area contributed by atoms with Crippen molar-refractivity contribution in [1.29, 1.82) is 0 Å². The summed E-state index contributed by atoms with van der Waals surface area (Å²) in [5.74, 6) is -0.461. The van der Waals surface area contributed by atoms with Gasteiger partial charge in [0.1, 0.15) is 0 Å². The first-order valence-corrected chi connectivity index (χ1v) is 6.59. The number of ether oxygens (including phenoxy) is 1. The zero-order chi connectivity index (χ0) is 13.8. The van der Waals surface area contributed by atoms with Crippen LogP contribution in [0.25, 0.3) is 0 Å². The standard InChI is InChI=1S/C14H18F3NO/c1-2-9-3-4-10(7-9)18-11-5-6-13(12(15)8-11)19-14(16)17/h5-6,8-10,14,18H,2-4,7H2,1H3. The summed E-state index contributed by atoms with van der Waals surface area (Å²) in [7, 11) is 0. The van der Waals surface area contributed by atoms with Crippen molar-refractivity contribution in [3.05, 3.63) is 24.0 Å². The van der Waals surface area contributed by atoms with E-state index in [4.69, 9.17) is 0 Å². The van der Waals surface area contributed by atoms with Crippen LogP contribution in [0.15, 0.2) is 18.2 Å². The van der Waals surface area contributed by atoms with E-state index in [1.807, 2.05) is 0 Å². The van der Waals surface area contributed by atoms with Crippen LogP contribution in [0, 0.1) is 11.7 Å². The molecule has 1 saturated carbocycles. The number of anilines is 1. The summed E-state index contributed by atoms with van der Waals surface area (Å²) in [5.41, 5.74) is 0.612. The van der Waals surface area contributed by atoms with Crippen LogP contribution >= 0.6 is 0 Å². The Hall–Kier alpha value is -1.39. The quantitative estimate of drug-likeness (QED) is 0.857. The van der Waals surface area contributed by atoms with Crippen LogP contribution in [0.3, 0.4) is 0 Å². The van der Waals surface area contributed by atoms with E-state index in [0.717, 1.165) is 25.2 Å². The molecule has 1 aromatic carbocycles. The lowest BCUT2D eigenvalue weighted by atomic mass is 10.1. The fourth-order valence-corrected chi connectivity index (χ4v) is 2.59. The van der Waals surface area contributed by atoms with E-state index in [9.17, 15) is 13.2 Å². The number of halogens is 3. The Balaban J connectivity index is 1.96. The molecule has 106 valence electrons. The minimum atomic E-state index is -3.01. The van der Waals surface area contributed by atoms with Gasteiger partial charge in [-0.05, 0) is 37.3 Å². The Bertz CT molecular complexity index is 425. The zero-order valence-corrected chi connectivity index (χ0v) is 10.8. The molecular formula is C14H18F3NO. The molecule has 5 heteroatoms. The highest BCUT2D eigenvalue weighted by atomic mass is 19.3. The summed E-state index contributed by atoms with van der Waals surface area (Å²) in [6, 6.07) is 4.35.